The Morgan fingerprint density at radius 1 is 1.10 bits per heavy atom. The number of nitrogens with one attached hydrogen (secondary N) is 1. The standard InChI is InChI=1S/C31H29FN4O3S/c1-18-7-5-9-23(32)28(18)34-30(38)26-16-20-13-14-35(25-11-4-3-8-22(25)29(20)40-26)31(39)24-10-6-12-27(33-24)36-17-21(37)15-19(36)2/h3-12,16,19,21,37H,13-15,17H2,1-2H3,(H,34,38)/t19-,21-/m0/s1. The van der Waals surface area contributed by atoms with E-state index < -0.39 is 11.9 Å². The van der Waals surface area contributed by atoms with Crippen LogP contribution in [0.5, 0.6) is 0 Å². The number of nitrogens with zero attached hydrogens (tertiary/aromatic N) is 3. The van der Waals surface area contributed by atoms with E-state index >= 15 is 0 Å². The molecule has 0 spiro atoms. The molecule has 2 aromatic carbocycles. The molecule has 1 fully saturated rings. The number of aromatic nitrogens is 1. The number of hydrogen-bond acceptors (Lipinski definition) is 6. The number of aryl methyl sites for hydroxylation is 1. The molecule has 0 radical (unpaired) electrons. The first-order valence-corrected chi connectivity index (χ1v) is 14.1. The van der Waals surface area contributed by atoms with E-state index in [1.54, 1.807) is 30.0 Å². The summed E-state index contributed by atoms with van der Waals surface area (Å²) in [5, 5.41) is 12.8. The van der Waals surface area contributed by atoms with E-state index in [1.807, 2.05) is 54.3 Å². The van der Waals surface area contributed by atoms with Crippen LogP contribution < -0.4 is 15.1 Å². The Bertz CT molecular complexity index is 1600. The number of rotatable bonds is 4. The summed E-state index contributed by atoms with van der Waals surface area (Å²) in [5.41, 5.74) is 3.75. The van der Waals surface area contributed by atoms with Crippen molar-refractivity contribution >= 4 is 40.3 Å². The van der Waals surface area contributed by atoms with Crippen LogP contribution in [0.25, 0.3) is 10.4 Å². The fraction of sp³-hybridized carbons (Fsp3) is 0.258. The van der Waals surface area contributed by atoms with Crippen molar-refractivity contribution in [2.45, 2.75) is 38.8 Å². The molecule has 0 bridgehead atoms. The number of para-hydroxylation sites is 2. The Hall–Kier alpha value is -4.08. The smallest absolute Gasteiger partial charge is 0.276 e. The van der Waals surface area contributed by atoms with Crippen molar-refractivity contribution in [1.29, 1.82) is 0 Å². The number of thiophene rings is 1. The summed E-state index contributed by atoms with van der Waals surface area (Å²) in [6.45, 7) is 4.70. The highest BCUT2D eigenvalue weighted by Crippen LogP contribution is 2.42. The minimum absolute atomic E-state index is 0.136. The zero-order valence-corrected chi connectivity index (χ0v) is 23.0. The van der Waals surface area contributed by atoms with Gasteiger partial charge in [-0.15, -0.1) is 11.3 Å². The number of carbonyl (C=O) groups excluding carboxylic acids is 2. The van der Waals surface area contributed by atoms with Gasteiger partial charge in [0.2, 0.25) is 0 Å². The number of halogens is 1. The van der Waals surface area contributed by atoms with Gasteiger partial charge in [0.25, 0.3) is 11.8 Å². The number of fused-ring (bicyclic) bond motifs is 3. The Kier molecular flexibility index (Phi) is 6.85. The highest BCUT2D eigenvalue weighted by molar-refractivity contribution is 7.17. The largest absolute Gasteiger partial charge is 0.391 e. The van der Waals surface area contributed by atoms with E-state index in [0.717, 1.165) is 21.7 Å². The lowest BCUT2D eigenvalue weighted by atomic mass is 10.1. The molecule has 4 aromatic rings. The first-order valence-electron chi connectivity index (χ1n) is 13.3. The van der Waals surface area contributed by atoms with Crippen LogP contribution in [-0.4, -0.2) is 47.1 Å². The summed E-state index contributed by atoms with van der Waals surface area (Å²) in [6, 6.07) is 19.8. The molecule has 2 N–H and O–H groups in total. The highest BCUT2D eigenvalue weighted by Gasteiger charge is 2.31. The molecule has 2 amide bonds. The third-order valence-corrected chi connectivity index (χ3v) is 8.79. The lowest BCUT2D eigenvalue weighted by Gasteiger charge is -2.25. The zero-order chi connectivity index (χ0) is 28.0. The summed E-state index contributed by atoms with van der Waals surface area (Å²) >= 11 is 1.34. The zero-order valence-electron chi connectivity index (χ0n) is 22.2. The number of hydrogen-bond donors (Lipinski definition) is 2. The predicted molar refractivity (Wildman–Crippen MR) is 156 cm³/mol. The number of aliphatic hydroxyl groups excluding tert-OH is 1. The Balaban J connectivity index is 1.30. The third kappa shape index (κ3) is 4.76. The molecule has 4 heterocycles. The fourth-order valence-corrected chi connectivity index (χ4v) is 6.69. The van der Waals surface area contributed by atoms with E-state index in [-0.39, 0.29) is 23.5 Å². The molecule has 0 aliphatic carbocycles. The molecule has 6 rings (SSSR count). The first kappa shape index (κ1) is 26.2. The molecule has 9 heteroatoms. The second-order valence-corrected chi connectivity index (χ2v) is 11.4. The number of carbonyl (C=O) groups is 2. The van der Waals surface area contributed by atoms with Crippen molar-refractivity contribution < 1.29 is 19.1 Å². The molecule has 2 aromatic heterocycles. The van der Waals surface area contributed by atoms with E-state index in [0.29, 0.717) is 47.9 Å². The Morgan fingerprint density at radius 3 is 2.67 bits per heavy atom. The molecule has 204 valence electrons. The van der Waals surface area contributed by atoms with E-state index in [4.69, 9.17) is 0 Å². The number of β-amino-alcohol motifs (C(OH)–C–C–N with tert-alkyl or cyclic N) is 1. The van der Waals surface area contributed by atoms with Gasteiger partial charge in [-0.05, 0) is 68.1 Å². The second kappa shape index (κ2) is 10.5. The summed E-state index contributed by atoms with van der Waals surface area (Å²) < 4.78 is 14.3. The van der Waals surface area contributed by atoms with Crippen LogP contribution >= 0.6 is 11.3 Å². The quantitative estimate of drug-likeness (QED) is 0.338. The summed E-state index contributed by atoms with van der Waals surface area (Å²) in [5.74, 6) is -0.360. The van der Waals surface area contributed by atoms with Crippen LogP contribution in [0.1, 0.15) is 44.6 Å². The maximum atomic E-state index is 14.3. The molecule has 2 aliphatic rings. The lowest BCUT2D eigenvalue weighted by Crippen LogP contribution is -2.34. The molecule has 0 unspecified atom stereocenters. The molecule has 1 saturated heterocycles. The average molecular weight is 557 g/mol. The molecular weight excluding hydrogens is 527 g/mol. The number of amides is 2. The highest BCUT2D eigenvalue weighted by atomic mass is 32.1. The molecule has 7 nitrogen and oxygen atoms in total. The minimum Gasteiger partial charge on any atom is -0.391 e. The number of anilines is 3. The van der Waals surface area contributed by atoms with Gasteiger partial charge in [-0.25, -0.2) is 9.37 Å². The van der Waals surface area contributed by atoms with Crippen LogP contribution in [0.2, 0.25) is 0 Å². The minimum atomic E-state index is -0.473. The summed E-state index contributed by atoms with van der Waals surface area (Å²) in [7, 11) is 0. The first-order chi connectivity index (χ1) is 19.3. The normalized spacial score (nSPS) is 18.2. The molecule has 40 heavy (non-hydrogen) atoms. The average Bonchev–Trinajstić information content (AvgIpc) is 3.49. The van der Waals surface area contributed by atoms with Crippen LogP contribution in [0.15, 0.2) is 66.7 Å². The van der Waals surface area contributed by atoms with Gasteiger partial charge in [0.15, 0.2) is 0 Å². The topological polar surface area (TPSA) is 85.8 Å². The Morgan fingerprint density at radius 2 is 1.90 bits per heavy atom. The van der Waals surface area contributed by atoms with Crippen LogP contribution in [0.3, 0.4) is 0 Å². The SMILES string of the molecule is Cc1cccc(F)c1NC(=O)c1cc2c(s1)-c1ccccc1N(C(=O)c1cccc(N3C[C@@H](O)C[C@@H]3C)n1)CC2. The fourth-order valence-electron chi connectivity index (χ4n) is 5.55. The van der Waals surface area contributed by atoms with Crippen molar-refractivity contribution in [3.63, 3.8) is 0 Å². The lowest BCUT2D eigenvalue weighted by molar-refractivity contribution is 0.0981. The Labute approximate surface area is 235 Å². The van der Waals surface area contributed by atoms with Gasteiger partial charge >= 0.3 is 0 Å². The van der Waals surface area contributed by atoms with Crippen molar-refractivity contribution in [2.75, 3.05) is 28.2 Å². The monoisotopic (exact) mass is 556 g/mol. The van der Waals surface area contributed by atoms with Gasteiger partial charge in [0.1, 0.15) is 17.3 Å². The molecule has 2 atom stereocenters. The summed E-state index contributed by atoms with van der Waals surface area (Å²) in [6.07, 6.45) is 0.810. The number of pyridine rings is 1. The van der Waals surface area contributed by atoms with Crippen molar-refractivity contribution in [2.24, 2.45) is 0 Å². The van der Waals surface area contributed by atoms with Gasteiger partial charge in [-0.3, -0.25) is 9.59 Å². The van der Waals surface area contributed by atoms with Gasteiger partial charge < -0.3 is 20.2 Å². The molecular formula is C31H29FN4O3S. The van der Waals surface area contributed by atoms with E-state index in [2.05, 4.69) is 10.3 Å². The van der Waals surface area contributed by atoms with Crippen molar-refractivity contribution in [3.05, 3.63) is 94.2 Å². The maximum Gasteiger partial charge on any atom is 0.276 e. The van der Waals surface area contributed by atoms with E-state index in [1.165, 1.54) is 17.4 Å². The van der Waals surface area contributed by atoms with E-state index in [9.17, 15) is 19.1 Å². The van der Waals surface area contributed by atoms with Crippen LogP contribution in [0, 0.1) is 12.7 Å². The molecule has 2 aliphatic heterocycles. The van der Waals surface area contributed by atoms with Crippen LogP contribution in [0.4, 0.5) is 21.6 Å². The molecule has 0 saturated carbocycles. The third-order valence-electron chi connectivity index (χ3n) is 7.58. The number of benzene rings is 2. The number of aliphatic hydroxyl groups is 1. The summed E-state index contributed by atoms with van der Waals surface area (Å²) in [4.78, 5) is 36.8. The van der Waals surface area contributed by atoms with Crippen molar-refractivity contribution in [3.8, 4) is 10.4 Å². The second-order valence-electron chi connectivity index (χ2n) is 10.3. The van der Waals surface area contributed by atoms with Crippen molar-refractivity contribution in [1.82, 2.24) is 4.98 Å². The van der Waals surface area contributed by atoms with Gasteiger partial charge in [0, 0.05) is 29.6 Å². The van der Waals surface area contributed by atoms with Gasteiger partial charge in [-0.2, -0.15) is 0 Å². The van der Waals surface area contributed by atoms with Crippen LogP contribution in [-0.2, 0) is 6.42 Å². The predicted octanol–water partition coefficient (Wildman–Crippen LogP) is 5.67. The van der Waals surface area contributed by atoms with Gasteiger partial charge in [-0.1, -0.05) is 36.4 Å². The van der Waals surface area contributed by atoms with Gasteiger partial charge in [0.05, 0.1) is 22.4 Å². The maximum absolute atomic E-state index is 14.3.